The van der Waals surface area contributed by atoms with Crippen LogP contribution in [0.2, 0.25) is 0 Å². The summed E-state index contributed by atoms with van der Waals surface area (Å²) in [7, 11) is 1.96. The number of para-hydroxylation sites is 1. The van der Waals surface area contributed by atoms with Gasteiger partial charge in [0.1, 0.15) is 0 Å². The van der Waals surface area contributed by atoms with E-state index in [4.69, 9.17) is 0 Å². The average molecular weight is 286 g/mol. The smallest absolute Gasteiger partial charge is 0.241 e. The van der Waals surface area contributed by atoms with Crippen LogP contribution in [-0.2, 0) is 11.2 Å². The number of carbonyl (C=O) groups is 1. The maximum absolute atomic E-state index is 12.5. The molecule has 1 aliphatic carbocycles. The number of benzene rings is 1. The van der Waals surface area contributed by atoms with E-state index >= 15 is 0 Å². The first-order chi connectivity index (χ1) is 10.2. The largest absolute Gasteiger partial charge is 0.359 e. The zero-order valence-corrected chi connectivity index (χ0v) is 13.2. The lowest BCUT2D eigenvalue weighted by Gasteiger charge is -2.39. The van der Waals surface area contributed by atoms with E-state index in [2.05, 4.69) is 36.1 Å². The third kappa shape index (κ3) is 3.22. The van der Waals surface area contributed by atoms with Crippen molar-refractivity contribution < 1.29 is 4.79 Å². The van der Waals surface area contributed by atoms with Crippen molar-refractivity contribution in [2.45, 2.75) is 45.1 Å². The standard InChI is InChI=1S/C18H26N2O/c1-3-16-11-10-15-6-4-5-7-17(15)20(16)13-18(21)19(2)12-14-8-9-14/h4-7,14,16H,3,8-13H2,1-2H3/t16-/m0/s1. The van der Waals surface area contributed by atoms with Gasteiger partial charge in [-0.1, -0.05) is 25.1 Å². The molecule has 0 unspecified atom stereocenters. The van der Waals surface area contributed by atoms with Crippen LogP contribution >= 0.6 is 0 Å². The molecule has 114 valence electrons. The lowest BCUT2D eigenvalue weighted by atomic mass is 9.94. The highest BCUT2D eigenvalue weighted by atomic mass is 16.2. The van der Waals surface area contributed by atoms with Crippen LogP contribution in [0, 0.1) is 5.92 Å². The van der Waals surface area contributed by atoms with E-state index in [1.807, 2.05) is 11.9 Å². The van der Waals surface area contributed by atoms with Crippen molar-refractivity contribution in [1.82, 2.24) is 4.90 Å². The first-order valence-electron chi connectivity index (χ1n) is 8.27. The Morgan fingerprint density at radius 3 is 2.76 bits per heavy atom. The molecule has 1 aromatic rings. The number of aryl methyl sites for hydroxylation is 1. The number of hydrogen-bond donors (Lipinski definition) is 0. The minimum atomic E-state index is 0.261. The molecule has 0 aromatic heterocycles. The zero-order chi connectivity index (χ0) is 14.8. The molecule has 1 aliphatic heterocycles. The van der Waals surface area contributed by atoms with Crippen molar-refractivity contribution in [2.24, 2.45) is 5.92 Å². The molecule has 1 saturated carbocycles. The molecule has 0 N–H and O–H groups in total. The van der Waals surface area contributed by atoms with Gasteiger partial charge in [-0.3, -0.25) is 4.79 Å². The minimum absolute atomic E-state index is 0.261. The fourth-order valence-electron chi connectivity index (χ4n) is 3.37. The molecule has 0 bridgehead atoms. The highest BCUT2D eigenvalue weighted by molar-refractivity contribution is 5.82. The Labute approximate surface area is 127 Å². The average Bonchev–Trinajstić information content (AvgIpc) is 3.31. The SMILES string of the molecule is CC[C@H]1CCc2ccccc2N1CC(=O)N(C)CC1CC1. The predicted octanol–water partition coefficient (Wildman–Crippen LogP) is 3.09. The van der Waals surface area contributed by atoms with Crippen molar-refractivity contribution in [3.8, 4) is 0 Å². The summed E-state index contributed by atoms with van der Waals surface area (Å²) in [6.45, 7) is 3.69. The maximum Gasteiger partial charge on any atom is 0.241 e. The van der Waals surface area contributed by atoms with E-state index in [0.29, 0.717) is 12.6 Å². The van der Waals surface area contributed by atoms with Crippen LogP contribution in [0.4, 0.5) is 5.69 Å². The van der Waals surface area contributed by atoms with Crippen LogP contribution in [0.25, 0.3) is 0 Å². The van der Waals surface area contributed by atoms with Crippen LogP contribution in [0.15, 0.2) is 24.3 Å². The van der Waals surface area contributed by atoms with Crippen LogP contribution < -0.4 is 4.90 Å². The molecule has 1 amide bonds. The maximum atomic E-state index is 12.5. The third-order valence-corrected chi connectivity index (χ3v) is 4.92. The molecule has 3 heteroatoms. The quantitative estimate of drug-likeness (QED) is 0.830. The second-order valence-corrected chi connectivity index (χ2v) is 6.57. The van der Waals surface area contributed by atoms with Gasteiger partial charge in [-0.05, 0) is 49.7 Å². The van der Waals surface area contributed by atoms with Crippen molar-refractivity contribution >= 4 is 11.6 Å². The van der Waals surface area contributed by atoms with Crippen LogP contribution in [0.3, 0.4) is 0 Å². The first-order valence-corrected chi connectivity index (χ1v) is 8.27. The summed E-state index contributed by atoms with van der Waals surface area (Å²) < 4.78 is 0. The van der Waals surface area contributed by atoms with E-state index in [-0.39, 0.29) is 5.91 Å². The summed E-state index contributed by atoms with van der Waals surface area (Å²) in [5, 5.41) is 0. The molecule has 2 aliphatic rings. The normalized spacial score (nSPS) is 21.0. The van der Waals surface area contributed by atoms with E-state index in [0.717, 1.165) is 31.7 Å². The monoisotopic (exact) mass is 286 g/mol. The third-order valence-electron chi connectivity index (χ3n) is 4.92. The van der Waals surface area contributed by atoms with Crippen LogP contribution in [0.5, 0.6) is 0 Å². The lowest BCUT2D eigenvalue weighted by Crippen LogP contribution is -2.46. The number of fused-ring (bicyclic) bond motifs is 1. The van der Waals surface area contributed by atoms with Gasteiger partial charge < -0.3 is 9.80 Å². The predicted molar refractivity (Wildman–Crippen MR) is 86.5 cm³/mol. The molecule has 0 radical (unpaired) electrons. The molecule has 3 nitrogen and oxygen atoms in total. The summed E-state index contributed by atoms with van der Waals surface area (Å²) in [5.41, 5.74) is 2.66. The first kappa shape index (κ1) is 14.4. The highest BCUT2D eigenvalue weighted by Gasteiger charge is 2.29. The number of hydrogen-bond acceptors (Lipinski definition) is 2. The number of likely N-dealkylation sites (N-methyl/N-ethyl adjacent to an activating group) is 1. The van der Waals surface area contributed by atoms with E-state index in [9.17, 15) is 4.79 Å². The molecule has 0 saturated heterocycles. The summed E-state index contributed by atoms with van der Waals surface area (Å²) in [5.74, 6) is 1.02. The Balaban J connectivity index is 1.73. The van der Waals surface area contributed by atoms with Crippen molar-refractivity contribution in [2.75, 3.05) is 25.0 Å². The number of carbonyl (C=O) groups excluding carboxylic acids is 1. The van der Waals surface area contributed by atoms with Gasteiger partial charge in [0.05, 0.1) is 6.54 Å². The Kier molecular flexibility index (Phi) is 4.18. The van der Waals surface area contributed by atoms with E-state index in [1.165, 1.54) is 24.1 Å². The molecule has 1 heterocycles. The van der Waals surface area contributed by atoms with Gasteiger partial charge in [-0.15, -0.1) is 0 Å². The van der Waals surface area contributed by atoms with Crippen LogP contribution in [0.1, 0.15) is 38.2 Å². The Bertz CT molecular complexity index is 510. The number of amides is 1. The van der Waals surface area contributed by atoms with Crippen molar-refractivity contribution in [1.29, 1.82) is 0 Å². The number of nitrogens with zero attached hydrogens (tertiary/aromatic N) is 2. The summed E-state index contributed by atoms with van der Waals surface area (Å²) >= 11 is 0. The minimum Gasteiger partial charge on any atom is -0.359 e. The fourth-order valence-corrected chi connectivity index (χ4v) is 3.37. The molecule has 21 heavy (non-hydrogen) atoms. The van der Waals surface area contributed by atoms with Gasteiger partial charge in [-0.25, -0.2) is 0 Å². The van der Waals surface area contributed by atoms with Gasteiger partial charge in [0.25, 0.3) is 0 Å². The molecule has 1 fully saturated rings. The second-order valence-electron chi connectivity index (χ2n) is 6.57. The molecule has 3 rings (SSSR count). The van der Waals surface area contributed by atoms with Gasteiger partial charge in [0.15, 0.2) is 0 Å². The number of anilines is 1. The number of rotatable bonds is 5. The topological polar surface area (TPSA) is 23.6 Å². The summed E-state index contributed by atoms with van der Waals surface area (Å²) in [6, 6.07) is 9.06. The Morgan fingerprint density at radius 2 is 2.05 bits per heavy atom. The Hall–Kier alpha value is -1.51. The van der Waals surface area contributed by atoms with Crippen molar-refractivity contribution in [3.05, 3.63) is 29.8 Å². The molecule has 0 spiro atoms. The molecule has 1 aromatic carbocycles. The molecular formula is C18H26N2O. The van der Waals surface area contributed by atoms with Crippen LogP contribution in [-0.4, -0.2) is 37.0 Å². The van der Waals surface area contributed by atoms with E-state index in [1.54, 1.807) is 0 Å². The van der Waals surface area contributed by atoms with Gasteiger partial charge in [-0.2, -0.15) is 0 Å². The van der Waals surface area contributed by atoms with Gasteiger partial charge in [0, 0.05) is 25.3 Å². The summed E-state index contributed by atoms with van der Waals surface area (Å²) in [4.78, 5) is 16.8. The Morgan fingerprint density at radius 1 is 1.29 bits per heavy atom. The van der Waals surface area contributed by atoms with E-state index < -0.39 is 0 Å². The molecule has 1 atom stereocenters. The lowest BCUT2D eigenvalue weighted by molar-refractivity contribution is -0.128. The molecular weight excluding hydrogens is 260 g/mol. The van der Waals surface area contributed by atoms with Gasteiger partial charge in [0.2, 0.25) is 5.91 Å². The fraction of sp³-hybridized carbons (Fsp3) is 0.611. The zero-order valence-electron chi connectivity index (χ0n) is 13.2. The highest BCUT2D eigenvalue weighted by Crippen LogP contribution is 2.32. The van der Waals surface area contributed by atoms with Gasteiger partial charge >= 0.3 is 0 Å². The summed E-state index contributed by atoms with van der Waals surface area (Å²) in [6.07, 6.45) is 5.99. The van der Waals surface area contributed by atoms with Crippen molar-refractivity contribution in [3.63, 3.8) is 0 Å². The second kappa shape index (κ2) is 6.08.